The van der Waals surface area contributed by atoms with E-state index in [0.29, 0.717) is 6.42 Å². The fourth-order valence-corrected chi connectivity index (χ4v) is 9.72. The predicted octanol–water partition coefficient (Wildman–Crippen LogP) is 2.49. The Labute approximate surface area is 243 Å². The first kappa shape index (κ1) is 32.3. The molecule has 3 fully saturated rings. The Hall–Kier alpha value is -1.65. The minimum absolute atomic E-state index is 0.0756. The van der Waals surface area contributed by atoms with Crippen molar-refractivity contribution in [1.82, 2.24) is 0 Å². The first-order valence-electron chi connectivity index (χ1n) is 14.9. The van der Waals surface area contributed by atoms with Gasteiger partial charge in [0.25, 0.3) is 0 Å². The van der Waals surface area contributed by atoms with E-state index in [1.165, 1.54) is 13.8 Å². The highest BCUT2D eigenvalue weighted by Gasteiger charge is 2.78. The summed E-state index contributed by atoms with van der Waals surface area (Å²) in [5, 5.41) is 55.7. The molecule has 0 saturated heterocycles. The minimum atomic E-state index is -2.08. The molecule has 0 spiro atoms. The van der Waals surface area contributed by atoms with Gasteiger partial charge in [0, 0.05) is 41.9 Å². The van der Waals surface area contributed by atoms with Crippen molar-refractivity contribution in [3.8, 4) is 0 Å². The summed E-state index contributed by atoms with van der Waals surface area (Å²) in [5.74, 6) is -3.25. The maximum atomic E-state index is 14.5. The maximum absolute atomic E-state index is 14.5. The molecule has 9 heteroatoms. The van der Waals surface area contributed by atoms with Crippen LogP contribution in [-0.2, 0) is 19.1 Å². The molecule has 0 radical (unpaired) electrons. The summed E-state index contributed by atoms with van der Waals surface area (Å²) < 4.78 is 5.85. The fourth-order valence-electron chi connectivity index (χ4n) is 9.72. The molecule has 41 heavy (non-hydrogen) atoms. The van der Waals surface area contributed by atoms with Gasteiger partial charge >= 0.3 is 5.97 Å². The molecule has 4 rings (SSSR count). The summed E-state index contributed by atoms with van der Waals surface area (Å²) >= 11 is 0. The van der Waals surface area contributed by atoms with Gasteiger partial charge in [-0.1, -0.05) is 46.3 Å². The number of esters is 1. The topological polar surface area (TPSA) is 162 Å². The van der Waals surface area contributed by atoms with Gasteiger partial charge in [0.05, 0.1) is 23.9 Å². The summed E-state index contributed by atoms with van der Waals surface area (Å²) in [4.78, 5) is 40.4. The van der Waals surface area contributed by atoms with Crippen molar-refractivity contribution < 1.29 is 44.7 Å². The standard InChI is InChI=1S/C32H50O9/c1-16(33)41-26-23(37)24(32(9,40)21(35)12-13-27(2,3)39)29(6)15-22(36)30(7)18-14-19(34)25(38)28(4,5)17(18)10-11-20(30)31(26,29)8/h10,18-20,23-26,34,37-40H,11-15H2,1-9H3/t18-,19+,20-,23+,24+,25-,26+,29-,30+,31-,32+/m1/s1. The van der Waals surface area contributed by atoms with E-state index in [2.05, 4.69) is 0 Å². The number of aliphatic hydroxyl groups excluding tert-OH is 3. The minimum Gasteiger partial charge on any atom is -0.459 e. The number of hydrogen-bond acceptors (Lipinski definition) is 9. The van der Waals surface area contributed by atoms with Crippen LogP contribution in [0, 0.1) is 39.4 Å². The van der Waals surface area contributed by atoms with Crippen LogP contribution < -0.4 is 0 Å². The zero-order chi connectivity index (χ0) is 31.3. The van der Waals surface area contributed by atoms with Gasteiger partial charge in [0.2, 0.25) is 0 Å². The molecule has 4 aliphatic carbocycles. The predicted molar refractivity (Wildman–Crippen MR) is 150 cm³/mol. The van der Waals surface area contributed by atoms with Gasteiger partial charge in [0.15, 0.2) is 5.78 Å². The van der Waals surface area contributed by atoms with E-state index in [0.717, 1.165) is 5.57 Å². The lowest BCUT2D eigenvalue weighted by Crippen LogP contribution is -2.67. The Morgan fingerprint density at radius 3 is 2.17 bits per heavy atom. The number of rotatable bonds is 6. The van der Waals surface area contributed by atoms with Gasteiger partial charge in [-0.05, 0) is 57.3 Å². The molecule has 0 unspecified atom stereocenters. The van der Waals surface area contributed by atoms with Crippen LogP contribution in [0.15, 0.2) is 11.6 Å². The zero-order valence-electron chi connectivity index (χ0n) is 26.0. The molecule has 0 aromatic rings. The number of hydrogen-bond donors (Lipinski definition) is 5. The third kappa shape index (κ3) is 4.40. The summed E-state index contributed by atoms with van der Waals surface area (Å²) in [6.07, 6.45) is -2.04. The summed E-state index contributed by atoms with van der Waals surface area (Å²) in [7, 11) is 0. The first-order chi connectivity index (χ1) is 18.5. The van der Waals surface area contributed by atoms with E-state index in [-0.39, 0.29) is 37.4 Å². The van der Waals surface area contributed by atoms with Gasteiger partial charge in [-0.3, -0.25) is 14.4 Å². The molecule has 0 amide bonds. The van der Waals surface area contributed by atoms with E-state index < -0.39 is 80.9 Å². The number of allylic oxidation sites excluding steroid dienone is 1. The average molecular weight is 579 g/mol. The van der Waals surface area contributed by atoms with Gasteiger partial charge in [0.1, 0.15) is 17.5 Å². The van der Waals surface area contributed by atoms with Crippen LogP contribution >= 0.6 is 0 Å². The molecule has 9 nitrogen and oxygen atoms in total. The molecule has 4 aliphatic rings. The quantitative estimate of drug-likeness (QED) is 0.235. The van der Waals surface area contributed by atoms with Crippen molar-refractivity contribution in [3.63, 3.8) is 0 Å². The number of fused-ring (bicyclic) bond motifs is 5. The molecule has 0 aromatic carbocycles. The number of carbonyl (C=O) groups is 3. The van der Waals surface area contributed by atoms with Crippen molar-refractivity contribution in [2.75, 3.05) is 0 Å². The van der Waals surface area contributed by atoms with E-state index >= 15 is 0 Å². The Morgan fingerprint density at radius 2 is 1.63 bits per heavy atom. The molecule has 11 atom stereocenters. The third-order valence-corrected chi connectivity index (χ3v) is 12.2. The smallest absolute Gasteiger partial charge is 0.303 e. The second-order valence-electron chi connectivity index (χ2n) is 15.4. The zero-order valence-corrected chi connectivity index (χ0v) is 26.0. The summed E-state index contributed by atoms with van der Waals surface area (Å²) in [6, 6.07) is 0. The maximum Gasteiger partial charge on any atom is 0.303 e. The average Bonchev–Trinajstić information content (AvgIpc) is 2.99. The molecule has 232 valence electrons. The summed E-state index contributed by atoms with van der Waals surface area (Å²) in [5.41, 5.74) is -6.26. The number of carbonyl (C=O) groups excluding carboxylic acids is 3. The molecule has 0 aromatic heterocycles. The lowest BCUT2D eigenvalue weighted by Gasteiger charge is -2.65. The highest BCUT2D eigenvalue weighted by molar-refractivity contribution is 5.90. The van der Waals surface area contributed by atoms with E-state index in [4.69, 9.17) is 4.74 Å². The molecular weight excluding hydrogens is 528 g/mol. The first-order valence-corrected chi connectivity index (χ1v) is 14.9. The van der Waals surface area contributed by atoms with Crippen molar-refractivity contribution in [3.05, 3.63) is 11.6 Å². The van der Waals surface area contributed by atoms with Crippen molar-refractivity contribution in [1.29, 1.82) is 0 Å². The molecule has 0 bridgehead atoms. The number of Topliss-reactive ketones (excluding diaryl/α,β-unsaturated/α-hetero) is 2. The molecule has 5 N–H and O–H groups in total. The molecule has 3 saturated carbocycles. The Bertz CT molecular complexity index is 1150. The third-order valence-electron chi connectivity index (χ3n) is 12.2. The number of ether oxygens (including phenoxy) is 1. The molecular formula is C32H50O9. The van der Waals surface area contributed by atoms with Crippen LogP contribution in [-0.4, -0.2) is 78.7 Å². The lowest BCUT2D eigenvalue weighted by atomic mass is 9.38. The van der Waals surface area contributed by atoms with Crippen LogP contribution in [0.2, 0.25) is 0 Å². The largest absolute Gasteiger partial charge is 0.459 e. The Balaban J connectivity index is 1.88. The second kappa shape index (κ2) is 9.68. The fraction of sp³-hybridized carbons (Fsp3) is 0.844. The molecule has 0 heterocycles. The van der Waals surface area contributed by atoms with Gasteiger partial charge in [-0.2, -0.15) is 0 Å². The van der Waals surface area contributed by atoms with E-state index in [9.17, 15) is 39.9 Å². The normalized spacial score (nSPS) is 45.1. The SMILES string of the molecule is CC(=O)O[C@H]1[C@@H](O)[C@H]([C@@](C)(O)C(=O)CCC(C)(C)O)[C@@]2(C)CC(=O)[C@@]3(C)[C@@H]4C[C@H](O)[C@@H](O)C(C)(C)C4=CC[C@H]3[C@]12C. The van der Waals surface area contributed by atoms with Gasteiger partial charge in [-0.25, -0.2) is 0 Å². The van der Waals surface area contributed by atoms with Gasteiger partial charge in [-0.15, -0.1) is 0 Å². The second-order valence-corrected chi connectivity index (χ2v) is 15.4. The summed E-state index contributed by atoms with van der Waals surface area (Å²) in [6.45, 7) is 15.1. The highest BCUT2D eigenvalue weighted by atomic mass is 16.6. The van der Waals surface area contributed by atoms with E-state index in [1.807, 2.05) is 40.7 Å². The molecule has 0 aliphatic heterocycles. The number of ketones is 2. The lowest BCUT2D eigenvalue weighted by molar-refractivity contribution is -0.201. The van der Waals surface area contributed by atoms with Crippen LogP contribution in [0.5, 0.6) is 0 Å². The number of aliphatic hydroxyl groups is 5. The van der Waals surface area contributed by atoms with Crippen molar-refractivity contribution >= 4 is 17.5 Å². The van der Waals surface area contributed by atoms with Crippen LogP contribution in [0.3, 0.4) is 0 Å². The van der Waals surface area contributed by atoms with Crippen LogP contribution in [0.4, 0.5) is 0 Å². The van der Waals surface area contributed by atoms with Crippen molar-refractivity contribution in [2.24, 2.45) is 39.4 Å². The van der Waals surface area contributed by atoms with Crippen LogP contribution in [0.25, 0.3) is 0 Å². The van der Waals surface area contributed by atoms with Crippen molar-refractivity contribution in [2.45, 2.75) is 130 Å². The Kier molecular flexibility index (Phi) is 7.62. The van der Waals surface area contributed by atoms with Gasteiger partial charge < -0.3 is 30.3 Å². The van der Waals surface area contributed by atoms with Crippen LogP contribution in [0.1, 0.15) is 94.4 Å². The van der Waals surface area contributed by atoms with E-state index in [1.54, 1.807) is 13.8 Å². The Morgan fingerprint density at radius 1 is 1.05 bits per heavy atom. The monoisotopic (exact) mass is 578 g/mol. The highest BCUT2D eigenvalue weighted by Crippen LogP contribution is 2.74.